The molecule has 0 radical (unpaired) electrons. The molecule has 208 valence electrons. The van der Waals surface area contributed by atoms with Gasteiger partial charge in [-0.15, -0.1) is 0 Å². The van der Waals surface area contributed by atoms with Gasteiger partial charge in [0.25, 0.3) is 0 Å². The molecule has 1 aromatic rings. The van der Waals surface area contributed by atoms with Crippen LogP contribution in [-0.2, 0) is 39.8 Å². The monoisotopic (exact) mass is 510 g/mol. The predicted octanol–water partition coefficient (Wildman–Crippen LogP) is 5.54. The number of benzene rings is 1. The SMILES string of the molecule is COC[C@H]1O[C@@H](OCCCCCCCCCCCCOCc2ccccc2)[C@H](OC)[C@@H](OC)[C@@H]1OC. The van der Waals surface area contributed by atoms with Gasteiger partial charge in [0.1, 0.15) is 24.4 Å². The summed E-state index contributed by atoms with van der Waals surface area (Å²) in [5.74, 6) is 0. The Kier molecular flexibility index (Phi) is 17.3. The molecule has 0 bridgehead atoms. The lowest BCUT2D eigenvalue weighted by molar-refractivity contribution is -0.313. The predicted molar refractivity (Wildman–Crippen MR) is 141 cm³/mol. The summed E-state index contributed by atoms with van der Waals surface area (Å²) in [7, 11) is 6.62. The molecule has 7 nitrogen and oxygen atoms in total. The number of rotatable bonds is 21. The van der Waals surface area contributed by atoms with Crippen LogP contribution < -0.4 is 0 Å². The van der Waals surface area contributed by atoms with E-state index in [1.54, 1.807) is 28.4 Å². The molecule has 0 unspecified atom stereocenters. The van der Waals surface area contributed by atoms with Gasteiger partial charge in [-0.05, 0) is 18.4 Å². The Hall–Kier alpha value is -1.06. The Morgan fingerprint density at radius 1 is 0.639 bits per heavy atom. The molecule has 1 aliphatic heterocycles. The van der Waals surface area contributed by atoms with Gasteiger partial charge >= 0.3 is 0 Å². The molecule has 1 aliphatic rings. The van der Waals surface area contributed by atoms with Gasteiger partial charge < -0.3 is 33.2 Å². The summed E-state index contributed by atoms with van der Waals surface area (Å²) in [5.41, 5.74) is 1.25. The van der Waals surface area contributed by atoms with E-state index < -0.39 is 6.29 Å². The zero-order chi connectivity index (χ0) is 25.8. The second-order valence-electron chi connectivity index (χ2n) is 9.54. The maximum atomic E-state index is 6.11. The highest BCUT2D eigenvalue weighted by molar-refractivity contribution is 5.13. The van der Waals surface area contributed by atoms with Gasteiger partial charge in [-0.25, -0.2) is 0 Å². The van der Waals surface area contributed by atoms with Gasteiger partial charge in [0, 0.05) is 41.7 Å². The van der Waals surface area contributed by atoms with E-state index in [1.807, 2.05) is 6.07 Å². The Morgan fingerprint density at radius 2 is 1.19 bits per heavy atom. The van der Waals surface area contributed by atoms with Gasteiger partial charge in [-0.3, -0.25) is 0 Å². The average Bonchev–Trinajstić information content (AvgIpc) is 2.91. The Labute approximate surface area is 219 Å². The van der Waals surface area contributed by atoms with Crippen LogP contribution in [0.5, 0.6) is 0 Å². The van der Waals surface area contributed by atoms with E-state index in [-0.39, 0.29) is 24.4 Å². The molecule has 2 rings (SSSR count). The average molecular weight is 511 g/mol. The van der Waals surface area contributed by atoms with E-state index in [2.05, 4.69) is 24.3 Å². The molecule has 1 heterocycles. The molecular formula is C29H50O7. The van der Waals surface area contributed by atoms with Crippen LogP contribution in [0.4, 0.5) is 0 Å². The summed E-state index contributed by atoms with van der Waals surface area (Å²) < 4.78 is 40.2. The molecule has 1 aromatic carbocycles. The summed E-state index contributed by atoms with van der Waals surface area (Å²) in [6, 6.07) is 10.4. The van der Waals surface area contributed by atoms with Crippen LogP contribution in [0, 0.1) is 0 Å². The van der Waals surface area contributed by atoms with Crippen molar-refractivity contribution in [2.45, 2.75) is 102 Å². The van der Waals surface area contributed by atoms with Crippen LogP contribution in [0.25, 0.3) is 0 Å². The van der Waals surface area contributed by atoms with Crippen molar-refractivity contribution in [1.29, 1.82) is 0 Å². The standard InChI is InChI=1S/C29H50O7/c1-30-23-25-26(31-2)27(32-3)28(33-4)29(36-25)35-21-17-12-10-8-6-5-7-9-11-16-20-34-22-24-18-14-13-15-19-24/h13-15,18-19,25-29H,5-12,16-17,20-23H2,1-4H3/t25-,26-,27+,28-,29-/m1/s1. The van der Waals surface area contributed by atoms with Crippen molar-refractivity contribution >= 4 is 0 Å². The minimum atomic E-state index is -0.491. The zero-order valence-corrected chi connectivity index (χ0v) is 23.0. The lowest BCUT2D eigenvalue weighted by atomic mass is 9.98. The normalized spacial score (nSPS) is 24.3. The van der Waals surface area contributed by atoms with Crippen molar-refractivity contribution in [2.75, 3.05) is 48.3 Å². The number of hydrogen-bond donors (Lipinski definition) is 0. The van der Waals surface area contributed by atoms with Crippen LogP contribution in [0.2, 0.25) is 0 Å². The van der Waals surface area contributed by atoms with E-state index in [9.17, 15) is 0 Å². The molecule has 0 amide bonds. The van der Waals surface area contributed by atoms with E-state index in [4.69, 9.17) is 33.2 Å². The van der Waals surface area contributed by atoms with E-state index in [0.29, 0.717) is 13.2 Å². The number of ether oxygens (including phenoxy) is 7. The summed E-state index contributed by atoms with van der Waals surface area (Å²) in [4.78, 5) is 0. The van der Waals surface area contributed by atoms with Gasteiger partial charge in [0.05, 0.1) is 13.2 Å². The first-order valence-corrected chi connectivity index (χ1v) is 13.7. The van der Waals surface area contributed by atoms with E-state index in [0.717, 1.165) is 26.1 Å². The molecule has 36 heavy (non-hydrogen) atoms. The van der Waals surface area contributed by atoms with Crippen molar-refractivity contribution in [3.8, 4) is 0 Å². The van der Waals surface area contributed by atoms with Crippen LogP contribution in [0.3, 0.4) is 0 Å². The largest absolute Gasteiger partial charge is 0.382 e. The van der Waals surface area contributed by atoms with Gasteiger partial charge in [-0.1, -0.05) is 81.7 Å². The van der Waals surface area contributed by atoms with Crippen LogP contribution in [0.1, 0.15) is 69.8 Å². The maximum absolute atomic E-state index is 6.11. The van der Waals surface area contributed by atoms with Crippen LogP contribution in [0.15, 0.2) is 30.3 Å². The minimum Gasteiger partial charge on any atom is -0.382 e. The van der Waals surface area contributed by atoms with Crippen molar-refractivity contribution in [3.05, 3.63) is 35.9 Å². The summed E-state index contributed by atoms with van der Waals surface area (Å²) >= 11 is 0. The van der Waals surface area contributed by atoms with Crippen molar-refractivity contribution < 1.29 is 33.2 Å². The number of methoxy groups -OCH3 is 4. The second kappa shape index (κ2) is 20.0. The first-order valence-electron chi connectivity index (χ1n) is 13.7. The fourth-order valence-corrected chi connectivity index (χ4v) is 4.80. The fourth-order valence-electron chi connectivity index (χ4n) is 4.80. The van der Waals surface area contributed by atoms with Crippen molar-refractivity contribution in [2.24, 2.45) is 0 Å². The van der Waals surface area contributed by atoms with E-state index >= 15 is 0 Å². The van der Waals surface area contributed by atoms with Crippen LogP contribution in [-0.4, -0.2) is 79.0 Å². The van der Waals surface area contributed by atoms with Crippen LogP contribution >= 0.6 is 0 Å². The number of unbranched alkanes of at least 4 members (excludes halogenated alkanes) is 9. The van der Waals surface area contributed by atoms with Gasteiger partial charge in [0.2, 0.25) is 0 Å². The Balaban J connectivity index is 1.44. The third kappa shape index (κ3) is 11.5. The molecule has 1 fully saturated rings. The molecule has 0 saturated carbocycles. The lowest BCUT2D eigenvalue weighted by Gasteiger charge is -2.44. The molecule has 0 aromatic heterocycles. The second-order valence-corrected chi connectivity index (χ2v) is 9.54. The highest BCUT2D eigenvalue weighted by Gasteiger charge is 2.47. The molecule has 7 heteroatoms. The maximum Gasteiger partial charge on any atom is 0.186 e. The summed E-state index contributed by atoms with van der Waals surface area (Å²) in [5, 5.41) is 0. The molecule has 0 aliphatic carbocycles. The smallest absolute Gasteiger partial charge is 0.186 e. The Bertz CT molecular complexity index is 629. The molecule has 5 atom stereocenters. The quantitative estimate of drug-likeness (QED) is 0.201. The molecule has 1 saturated heterocycles. The summed E-state index contributed by atoms with van der Waals surface area (Å²) in [6.45, 7) is 2.64. The molecule has 0 spiro atoms. The topological polar surface area (TPSA) is 64.6 Å². The first kappa shape index (κ1) is 31.2. The third-order valence-corrected chi connectivity index (χ3v) is 6.82. The highest BCUT2D eigenvalue weighted by Crippen LogP contribution is 2.28. The minimum absolute atomic E-state index is 0.261. The van der Waals surface area contributed by atoms with Crippen molar-refractivity contribution in [1.82, 2.24) is 0 Å². The van der Waals surface area contributed by atoms with Gasteiger partial charge in [0.15, 0.2) is 6.29 Å². The first-order chi connectivity index (χ1) is 17.7. The zero-order valence-electron chi connectivity index (χ0n) is 23.0. The van der Waals surface area contributed by atoms with E-state index in [1.165, 1.54) is 56.9 Å². The number of hydrogen-bond acceptors (Lipinski definition) is 7. The summed E-state index contributed by atoms with van der Waals surface area (Å²) in [6.07, 6.45) is 10.8. The third-order valence-electron chi connectivity index (χ3n) is 6.82. The molecule has 0 N–H and O–H groups in total. The Morgan fingerprint density at radius 3 is 1.75 bits per heavy atom. The van der Waals surface area contributed by atoms with Gasteiger partial charge in [-0.2, -0.15) is 0 Å². The molecular weight excluding hydrogens is 460 g/mol. The fraction of sp³-hybridized carbons (Fsp3) is 0.793. The highest BCUT2D eigenvalue weighted by atomic mass is 16.7. The van der Waals surface area contributed by atoms with Crippen molar-refractivity contribution in [3.63, 3.8) is 0 Å². The lowest BCUT2D eigenvalue weighted by Crippen LogP contribution is -2.61.